The van der Waals surface area contributed by atoms with Crippen LogP contribution in [-0.4, -0.2) is 214 Å². The number of aliphatic carboxylic acids is 2. The number of carboxylic acid groups (broad SMARTS) is 2. The van der Waals surface area contributed by atoms with Crippen molar-refractivity contribution in [1.29, 1.82) is 0 Å². The zero-order valence-corrected chi connectivity index (χ0v) is 30.4. The summed E-state index contributed by atoms with van der Waals surface area (Å²) >= 11 is 1.24. The van der Waals surface area contributed by atoms with Gasteiger partial charge in [0, 0.05) is 83.9 Å². The first-order chi connectivity index (χ1) is 25.1. The van der Waals surface area contributed by atoms with Gasteiger partial charge < -0.3 is 39.8 Å². The van der Waals surface area contributed by atoms with Gasteiger partial charge in [0.15, 0.2) is 0 Å². The molecule has 1 atom stereocenters. The third-order valence-corrected chi connectivity index (χ3v) is 9.03. The fourth-order valence-electron chi connectivity index (χ4n) is 5.15. The second-order valence-electron chi connectivity index (χ2n) is 11.9. The van der Waals surface area contributed by atoms with Gasteiger partial charge in [0.05, 0.1) is 77.7 Å². The molecule has 2 saturated heterocycles. The van der Waals surface area contributed by atoms with Crippen LogP contribution in [0, 0.1) is 0 Å². The molecule has 1 radical (unpaired) electrons. The van der Waals surface area contributed by atoms with Crippen LogP contribution >= 0.6 is 11.8 Å². The largest absolute Gasteiger partial charge is 0.480 e. The second-order valence-corrected chi connectivity index (χ2v) is 13.2. The lowest BCUT2D eigenvalue weighted by Gasteiger charge is -2.24. The molecule has 1 unspecified atom stereocenters. The molecule has 52 heavy (non-hydrogen) atoms. The maximum Gasteiger partial charge on any atom is 0.317 e. The van der Waals surface area contributed by atoms with Crippen LogP contribution in [0.2, 0.25) is 0 Å². The summed E-state index contributed by atoms with van der Waals surface area (Å²) in [4.78, 5) is 89.2. The lowest BCUT2D eigenvalue weighted by Crippen LogP contribution is -2.45. The maximum absolute atomic E-state index is 12.9. The third-order valence-electron chi connectivity index (χ3n) is 7.82. The molecule has 0 aromatic carbocycles. The number of nitrogens with zero attached hydrogens (tertiary/aromatic N) is 4. The molecule has 2 heterocycles. The molecule has 2 aliphatic heterocycles. The Hall–Kier alpha value is -3.24. The number of likely N-dealkylation sites (tertiary alicyclic amines) is 1. The Morgan fingerprint density at radius 1 is 0.692 bits per heavy atom. The van der Waals surface area contributed by atoms with Gasteiger partial charge in [0.25, 0.3) is 0 Å². The van der Waals surface area contributed by atoms with Crippen molar-refractivity contribution < 1.29 is 62.7 Å². The smallest absolute Gasteiger partial charge is 0.317 e. The Kier molecular flexibility index (Phi) is 23.6. The van der Waals surface area contributed by atoms with E-state index in [0.29, 0.717) is 104 Å². The molecule has 0 aromatic rings. The Morgan fingerprint density at radius 2 is 1.17 bits per heavy atom. The van der Waals surface area contributed by atoms with Crippen molar-refractivity contribution in [2.24, 2.45) is 0 Å². The highest BCUT2D eigenvalue weighted by molar-refractivity contribution is 8.00. The molecular weight excluding hydrogens is 708 g/mol. The highest BCUT2D eigenvalue weighted by atomic mass is 32.2. The minimum Gasteiger partial charge on any atom is -0.480 e. The van der Waals surface area contributed by atoms with Gasteiger partial charge in [-0.25, -0.2) is 0 Å². The summed E-state index contributed by atoms with van der Waals surface area (Å²) in [5, 5.41) is 23.3. The predicted molar refractivity (Wildman–Crippen MR) is 186 cm³/mol. The van der Waals surface area contributed by atoms with E-state index in [9.17, 15) is 43.8 Å². The highest BCUT2D eigenvalue weighted by Gasteiger charge is 2.38. The van der Waals surface area contributed by atoms with Crippen LogP contribution in [0.1, 0.15) is 19.3 Å². The van der Waals surface area contributed by atoms with Gasteiger partial charge in [-0.15, -0.1) is 11.8 Å². The molecule has 4 N–H and O–H groups in total. The third kappa shape index (κ3) is 20.7. The van der Waals surface area contributed by atoms with E-state index in [4.69, 9.17) is 18.9 Å². The van der Waals surface area contributed by atoms with Crippen molar-refractivity contribution in [3.63, 3.8) is 0 Å². The number of carbonyl (C=O) groups excluding carboxylic acids is 5. The van der Waals surface area contributed by atoms with E-state index in [2.05, 4.69) is 10.6 Å². The fourth-order valence-corrected chi connectivity index (χ4v) is 6.26. The van der Waals surface area contributed by atoms with Gasteiger partial charge >= 0.3 is 11.9 Å². The molecule has 0 aliphatic carbocycles. The number of hydrogen-bond donors (Lipinski definition) is 4. The number of imide groups is 1. The fraction of sp³-hybridized carbons (Fsp3) is 0.781. The number of amides is 4. The molecule has 0 aromatic heterocycles. The molecule has 2 aliphatic rings. The van der Waals surface area contributed by atoms with Gasteiger partial charge in [-0.2, -0.15) is 0 Å². The molecule has 4 amide bonds. The number of nitrogens with one attached hydrogen (secondary N) is 2. The van der Waals surface area contributed by atoms with Crippen LogP contribution in [0.15, 0.2) is 0 Å². The SMILES string of the molecule is O=[C]CCOCCOCCOCCOCCNC(=O)CCSC1CC(=O)N(CCNC(=O)CN2CCN(CC(=O)O)CCN(CC(=O)O)CC2)C1=O. The molecule has 2 fully saturated rings. The Bertz CT molecular complexity index is 1110. The van der Waals surface area contributed by atoms with Crippen molar-refractivity contribution >= 4 is 53.6 Å². The monoisotopic (exact) mass is 761 g/mol. The van der Waals surface area contributed by atoms with Crippen molar-refractivity contribution in [3.05, 3.63) is 0 Å². The van der Waals surface area contributed by atoms with E-state index >= 15 is 0 Å². The zero-order valence-electron chi connectivity index (χ0n) is 29.6. The zero-order chi connectivity index (χ0) is 38.0. The number of hydrogen-bond acceptors (Lipinski definition) is 15. The van der Waals surface area contributed by atoms with Crippen LogP contribution in [0.25, 0.3) is 0 Å². The van der Waals surface area contributed by atoms with E-state index in [1.807, 2.05) is 4.90 Å². The van der Waals surface area contributed by atoms with E-state index in [0.717, 1.165) is 4.90 Å². The van der Waals surface area contributed by atoms with Gasteiger partial charge in [0.2, 0.25) is 29.9 Å². The molecule has 295 valence electrons. The van der Waals surface area contributed by atoms with E-state index < -0.39 is 17.2 Å². The first-order valence-electron chi connectivity index (χ1n) is 17.3. The van der Waals surface area contributed by atoms with Crippen molar-refractivity contribution in [2.45, 2.75) is 24.5 Å². The molecule has 0 saturated carbocycles. The average Bonchev–Trinajstić information content (AvgIpc) is 3.40. The lowest BCUT2D eigenvalue weighted by atomic mass is 10.3. The van der Waals surface area contributed by atoms with E-state index in [-0.39, 0.29) is 75.6 Å². The summed E-state index contributed by atoms with van der Waals surface area (Å²) in [6, 6.07) is 0. The number of thioether (sulfide) groups is 1. The lowest BCUT2D eigenvalue weighted by molar-refractivity contribution is -0.140. The Morgan fingerprint density at radius 3 is 1.69 bits per heavy atom. The van der Waals surface area contributed by atoms with Crippen LogP contribution < -0.4 is 10.6 Å². The van der Waals surface area contributed by atoms with Crippen molar-refractivity contribution in [1.82, 2.24) is 30.2 Å². The molecule has 0 bridgehead atoms. The summed E-state index contributed by atoms with van der Waals surface area (Å²) in [7, 11) is 0. The molecule has 2 rings (SSSR count). The molecule has 20 heteroatoms. The number of ether oxygens (including phenoxy) is 4. The Labute approximate surface area is 307 Å². The average molecular weight is 762 g/mol. The van der Waals surface area contributed by atoms with Gasteiger partial charge in [0.1, 0.15) is 0 Å². The first-order valence-corrected chi connectivity index (χ1v) is 18.4. The Balaban J connectivity index is 1.56. The van der Waals surface area contributed by atoms with Gasteiger partial charge in [-0.3, -0.25) is 53.2 Å². The summed E-state index contributed by atoms with van der Waals surface area (Å²) in [5.41, 5.74) is 0. The number of carbonyl (C=O) groups is 6. The normalized spacial score (nSPS) is 17.8. The van der Waals surface area contributed by atoms with E-state index in [1.165, 1.54) is 11.8 Å². The summed E-state index contributed by atoms with van der Waals surface area (Å²) in [6.45, 7) is 5.37. The topological polar surface area (TPSA) is 234 Å². The van der Waals surface area contributed by atoms with Crippen LogP contribution in [0.3, 0.4) is 0 Å². The number of rotatable bonds is 28. The first kappa shape index (κ1) is 44.9. The van der Waals surface area contributed by atoms with Crippen LogP contribution in [0.5, 0.6) is 0 Å². The second kappa shape index (κ2) is 27.4. The predicted octanol–water partition coefficient (Wildman–Crippen LogP) is -2.88. The van der Waals surface area contributed by atoms with Gasteiger partial charge in [-0.1, -0.05) is 0 Å². The molecular formula is C32H53N6O13S. The number of carboxylic acids is 2. The minimum atomic E-state index is -0.993. The maximum atomic E-state index is 12.9. The van der Waals surface area contributed by atoms with Crippen molar-refractivity contribution in [3.8, 4) is 0 Å². The summed E-state index contributed by atoms with van der Waals surface area (Å²) in [6.07, 6.45) is 2.18. The summed E-state index contributed by atoms with van der Waals surface area (Å²) in [5.74, 6) is -2.87. The standard InChI is InChI=1S/C32H53N6O13S/c39-12-1-13-48-15-17-50-19-20-51-18-16-49-14-4-34-27(40)2-21-52-26-22-29(42)38(32(26)47)5-3-33-28(41)23-35-6-8-36(24-30(43)44)10-11-37(9-7-35)25-31(45)46/h26H,1-11,13-25H2,(H,33,41)(H,34,40)(H,43,44)(H,45,46). The molecule has 19 nitrogen and oxygen atoms in total. The van der Waals surface area contributed by atoms with Gasteiger partial charge in [-0.05, 0) is 0 Å². The quantitative estimate of drug-likeness (QED) is 0.0463. The molecule has 0 spiro atoms. The van der Waals surface area contributed by atoms with E-state index in [1.54, 1.807) is 16.1 Å². The van der Waals surface area contributed by atoms with Crippen LogP contribution in [-0.2, 0) is 52.5 Å². The van der Waals surface area contributed by atoms with Crippen molar-refractivity contribution in [2.75, 3.05) is 137 Å². The summed E-state index contributed by atoms with van der Waals surface area (Å²) < 4.78 is 21.3. The van der Waals surface area contributed by atoms with Crippen LogP contribution in [0.4, 0.5) is 0 Å². The highest BCUT2D eigenvalue weighted by Crippen LogP contribution is 2.25. The minimum absolute atomic E-state index is 0.0104.